The lowest BCUT2D eigenvalue weighted by molar-refractivity contribution is 0.0468. The van der Waals surface area contributed by atoms with E-state index in [0.29, 0.717) is 0 Å². The Labute approximate surface area is 168 Å². The summed E-state index contributed by atoms with van der Waals surface area (Å²) < 4.78 is 14.1. The van der Waals surface area contributed by atoms with E-state index < -0.39 is 34.8 Å². The van der Waals surface area contributed by atoms with Gasteiger partial charge in [0.25, 0.3) is 5.91 Å². The molecule has 0 saturated carbocycles. The monoisotopic (exact) mass is 415 g/mol. The van der Waals surface area contributed by atoms with E-state index in [2.05, 4.69) is 25.5 Å². The molecule has 3 amide bonds. The summed E-state index contributed by atoms with van der Waals surface area (Å²) in [4.78, 5) is 36.2. The van der Waals surface area contributed by atoms with E-state index in [-0.39, 0.29) is 17.2 Å². The Morgan fingerprint density at radius 1 is 0.929 bits per heavy atom. The molecule has 0 unspecified atom stereocenters. The Kier molecular flexibility index (Phi) is 7.35. The van der Waals surface area contributed by atoms with Crippen LogP contribution in [0.2, 0.25) is 0 Å². The van der Waals surface area contributed by atoms with Crippen LogP contribution in [-0.4, -0.2) is 51.0 Å². The number of amides is 3. The first-order valence-electron chi connectivity index (χ1n) is 8.70. The first-order chi connectivity index (χ1) is 12.6. The van der Waals surface area contributed by atoms with Gasteiger partial charge in [0, 0.05) is 18.1 Å². The molecule has 0 aliphatic carbocycles. The number of anilines is 1. The average molecular weight is 416 g/mol. The van der Waals surface area contributed by atoms with Crippen LogP contribution in [0, 0.1) is 0 Å². The van der Waals surface area contributed by atoms with Gasteiger partial charge in [0.2, 0.25) is 0 Å². The summed E-state index contributed by atoms with van der Waals surface area (Å²) >= 11 is 0.859. The zero-order chi connectivity index (χ0) is 21.8. The van der Waals surface area contributed by atoms with Crippen LogP contribution >= 0.6 is 11.5 Å². The van der Waals surface area contributed by atoms with Gasteiger partial charge in [-0.05, 0) is 55.4 Å². The van der Waals surface area contributed by atoms with Gasteiger partial charge in [0.1, 0.15) is 11.2 Å². The van der Waals surface area contributed by atoms with E-state index in [9.17, 15) is 14.4 Å². The van der Waals surface area contributed by atoms with Crippen molar-refractivity contribution in [2.45, 2.75) is 72.1 Å². The van der Waals surface area contributed by atoms with Crippen LogP contribution in [0.4, 0.5) is 14.6 Å². The maximum absolute atomic E-state index is 12.4. The minimum atomic E-state index is -0.778. The molecule has 0 atom stereocenters. The Morgan fingerprint density at radius 3 is 2.00 bits per heavy atom. The number of ether oxygens (including phenoxy) is 2. The molecule has 1 aromatic heterocycles. The molecule has 10 nitrogen and oxygen atoms in total. The molecule has 0 aliphatic rings. The number of carbonyl (C=O) groups is 3. The largest absolute Gasteiger partial charge is 0.444 e. The molecule has 1 rings (SSSR count). The van der Waals surface area contributed by atoms with Crippen molar-refractivity contribution >= 4 is 34.6 Å². The summed E-state index contributed by atoms with van der Waals surface area (Å²) in [7, 11) is 0. The molecular weight excluding hydrogens is 386 g/mol. The number of nitrogens with one attached hydrogen (secondary N) is 3. The van der Waals surface area contributed by atoms with Crippen LogP contribution in [0.5, 0.6) is 0 Å². The highest BCUT2D eigenvalue weighted by atomic mass is 32.1. The smallest absolute Gasteiger partial charge is 0.412 e. The van der Waals surface area contributed by atoms with Crippen LogP contribution < -0.4 is 16.0 Å². The van der Waals surface area contributed by atoms with Gasteiger partial charge >= 0.3 is 12.2 Å². The van der Waals surface area contributed by atoms with Crippen LogP contribution in [0.15, 0.2) is 0 Å². The molecule has 0 aromatic carbocycles. The van der Waals surface area contributed by atoms with Crippen LogP contribution in [-0.2, 0) is 9.47 Å². The molecule has 0 aliphatic heterocycles. The molecule has 3 N–H and O–H groups in total. The van der Waals surface area contributed by atoms with E-state index in [4.69, 9.17) is 9.47 Å². The quantitative estimate of drug-likeness (QED) is 0.673. The summed E-state index contributed by atoms with van der Waals surface area (Å²) in [6.45, 7) is 14.0. The predicted molar refractivity (Wildman–Crippen MR) is 106 cm³/mol. The predicted octanol–water partition coefficient (Wildman–Crippen LogP) is 2.92. The number of rotatable bonds is 5. The standard InChI is InChI=1S/C17H29N5O5S/c1-15(2,3)26-13(24)19-12-10(21-22-28-12)11(23)18-9-17(7,8)20-14(25)27-16(4,5)6/h9H2,1-8H3,(H,18,23)(H,19,24)(H,20,25). The van der Waals surface area contributed by atoms with Crippen molar-refractivity contribution in [3.8, 4) is 0 Å². The molecule has 0 saturated heterocycles. The number of hydrogen-bond donors (Lipinski definition) is 3. The molecule has 0 bridgehead atoms. The highest BCUT2D eigenvalue weighted by Crippen LogP contribution is 2.19. The van der Waals surface area contributed by atoms with E-state index in [1.54, 1.807) is 55.4 Å². The van der Waals surface area contributed by atoms with Gasteiger partial charge in [-0.3, -0.25) is 10.1 Å². The number of aromatic nitrogens is 2. The molecule has 28 heavy (non-hydrogen) atoms. The Hall–Kier alpha value is -2.43. The lowest BCUT2D eigenvalue weighted by atomic mass is 10.1. The van der Waals surface area contributed by atoms with Crippen molar-refractivity contribution < 1.29 is 23.9 Å². The highest BCUT2D eigenvalue weighted by Gasteiger charge is 2.27. The van der Waals surface area contributed by atoms with Crippen LogP contribution in [0.1, 0.15) is 65.9 Å². The fourth-order valence-corrected chi connectivity index (χ4v) is 2.38. The van der Waals surface area contributed by atoms with Gasteiger partial charge in [-0.15, -0.1) is 5.10 Å². The van der Waals surface area contributed by atoms with Gasteiger partial charge < -0.3 is 20.1 Å². The first kappa shape index (κ1) is 23.6. The molecule has 1 heterocycles. The van der Waals surface area contributed by atoms with E-state index in [1.807, 2.05) is 0 Å². The lowest BCUT2D eigenvalue weighted by Crippen LogP contribution is -2.52. The van der Waals surface area contributed by atoms with Gasteiger partial charge in [-0.25, -0.2) is 9.59 Å². The fraction of sp³-hybridized carbons (Fsp3) is 0.706. The number of alkyl carbamates (subject to hydrolysis) is 1. The summed E-state index contributed by atoms with van der Waals surface area (Å²) in [6.07, 6.45) is -1.30. The third-order valence-corrected chi connectivity index (χ3v) is 3.49. The fourth-order valence-electron chi connectivity index (χ4n) is 1.83. The Morgan fingerprint density at radius 2 is 1.46 bits per heavy atom. The molecule has 0 spiro atoms. The molecule has 1 aromatic rings. The summed E-state index contributed by atoms with van der Waals surface area (Å²) in [5, 5.41) is 11.7. The zero-order valence-corrected chi connectivity index (χ0v) is 18.4. The first-order valence-corrected chi connectivity index (χ1v) is 9.47. The Balaban J connectivity index is 2.65. The number of hydrogen-bond acceptors (Lipinski definition) is 8. The molecule has 0 radical (unpaired) electrons. The van der Waals surface area contributed by atoms with Crippen molar-refractivity contribution in [2.75, 3.05) is 11.9 Å². The second kappa shape index (κ2) is 8.72. The molecule has 158 valence electrons. The summed E-state index contributed by atoms with van der Waals surface area (Å²) in [6, 6.07) is 0. The van der Waals surface area contributed by atoms with Crippen molar-refractivity contribution in [2.24, 2.45) is 0 Å². The van der Waals surface area contributed by atoms with Gasteiger partial charge in [-0.2, -0.15) is 0 Å². The summed E-state index contributed by atoms with van der Waals surface area (Å²) in [5.41, 5.74) is -2.12. The maximum atomic E-state index is 12.4. The molecule has 0 fully saturated rings. The van der Waals surface area contributed by atoms with Gasteiger partial charge in [-0.1, -0.05) is 4.49 Å². The van der Waals surface area contributed by atoms with E-state index >= 15 is 0 Å². The number of carbonyl (C=O) groups excluding carboxylic acids is 3. The van der Waals surface area contributed by atoms with Gasteiger partial charge in [0.15, 0.2) is 10.7 Å². The van der Waals surface area contributed by atoms with Crippen LogP contribution in [0.25, 0.3) is 0 Å². The lowest BCUT2D eigenvalue weighted by Gasteiger charge is -2.28. The summed E-state index contributed by atoms with van der Waals surface area (Å²) in [5.74, 6) is -0.543. The average Bonchev–Trinajstić information content (AvgIpc) is 2.87. The zero-order valence-electron chi connectivity index (χ0n) is 17.6. The second-order valence-corrected chi connectivity index (χ2v) is 9.53. The van der Waals surface area contributed by atoms with Crippen molar-refractivity contribution in [1.29, 1.82) is 0 Å². The Bertz CT molecular complexity index is 718. The van der Waals surface area contributed by atoms with Crippen LogP contribution in [0.3, 0.4) is 0 Å². The third kappa shape index (κ3) is 8.98. The van der Waals surface area contributed by atoms with Crippen molar-refractivity contribution in [3.63, 3.8) is 0 Å². The SMILES string of the molecule is CC(C)(CNC(=O)c1nnsc1NC(=O)OC(C)(C)C)NC(=O)OC(C)(C)C. The number of nitrogens with zero attached hydrogens (tertiary/aromatic N) is 2. The van der Waals surface area contributed by atoms with Gasteiger partial charge in [0.05, 0.1) is 5.54 Å². The normalized spacial score (nSPS) is 12.1. The minimum Gasteiger partial charge on any atom is -0.444 e. The van der Waals surface area contributed by atoms with E-state index in [1.165, 1.54) is 0 Å². The highest BCUT2D eigenvalue weighted by molar-refractivity contribution is 7.10. The topological polar surface area (TPSA) is 132 Å². The van der Waals surface area contributed by atoms with Crippen molar-refractivity contribution in [3.05, 3.63) is 5.69 Å². The second-order valence-electron chi connectivity index (χ2n) is 8.77. The van der Waals surface area contributed by atoms with Crippen molar-refractivity contribution in [1.82, 2.24) is 20.2 Å². The third-order valence-electron chi connectivity index (χ3n) is 2.85. The molecule has 11 heteroatoms. The van der Waals surface area contributed by atoms with E-state index in [0.717, 1.165) is 11.5 Å². The minimum absolute atomic E-state index is 0.0380. The molecular formula is C17H29N5O5S. The maximum Gasteiger partial charge on any atom is 0.412 e.